The molecule has 0 N–H and O–H groups in total. The van der Waals surface area contributed by atoms with Crippen LogP contribution in [0.2, 0.25) is 13.3 Å². The van der Waals surface area contributed by atoms with Gasteiger partial charge in [-0.15, -0.1) is 0 Å². The third kappa shape index (κ3) is 21.0. The number of hydrogen-bond donors (Lipinski definition) is 0. The normalized spacial score (nSPS) is 11.5. The van der Waals surface area contributed by atoms with Crippen LogP contribution in [0.3, 0.4) is 0 Å². The van der Waals surface area contributed by atoms with E-state index in [1.54, 1.807) is 32.6 Å². The Hall–Kier alpha value is 0.799. The molecular formula is C24H52Sn-. The molecule has 1 heteroatoms. The molecule has 153 valence electrons. The van der Waals surface area contributed by atoms with Crippen LogP contribution in [0.15, 0.2) is 0 Å². The molecule has 0 heterocycles. The van der Waals surface area contributed by atoms with E-state index in [1.807, 2.05) is 0 Å². The van der Waals surface area contributed by atoms with E-state index in [0.717, 1.165) is 0 Å². The van der Waals surface area contributed by atoms with Crippen LogP contribution in [-0.2, 0) is 0 Å². The standard InChI is InChI=1S/3C8H17.Sn.H/c3*1-3-5-7-8-6-4-2;;/h3*1,3-8H2,2H3;;/q;;;;-1. The topological polar surface area (TPSA) is 0 Å². The first-order valence-electron chi connectivity index (χ1n) is 12.2. The van der Waals surface area contributed by atoms with E-state index in [-0.39, 0.29) is 1.43 Å². The minimum atomic E-state index is -1.02. The number of rotatable bonds is 21. The monoisotopic (exact) mass is 460 g/mol. The van der Waals surface area contributed by atoms with Crippen LogP contribution in [0.1, 0.15) is 138 Å². The van der Waals surface area contributed by atoms with E-state index >= 15 is 0 Å². The molecule has 0 unspecified atom stereocenters. The Morgan fingerprint density at radius 2 is 0.600 bits per heavy atom. The van der Waals surface area contributed by atoms with Crippen LogP contribution in [0.4, 0.5) is 0 Å². The summed E-state index contributed by atoms with van der Waals surface area (Å²) in [5.41, 5.74) is 0. The predicted molar refractivity (Wildman–Crippen MR) is 121 cm³/mol. The van der Waals surface area contributed by atoms with Gasteiger partial charge in [0.1, 0.15) is 0 Å². The quantitative estimate of drug-likeness (QED) is 0.118. The molecule has 0 amide bonds. The first kappa shape index (κ1) is 25.8. The zero-order chi connectivity index (χ0) is 18.4. The van der Waals surface area contributed by atoms with Crippen LogP contribution < -0.4 is 0 Å². The Morgan fingerprint density at radius 1 is 0.360 bits per heavy atom. The van der Waals surface area contributed by atoms with Crippen LogP contribution in [0, 0.1) is 0 Å². The van der Waals surface area contributed by atoms with Gasteiger partial charge in [-0.1, -0.05) is 0 Å². The Bertz CT molecular complexity index is 194. The first-order valence-corrected chi connectivity index (χ1v) is 18.2. The third-order valence-corrected chi connectivity index (χ3v) is 14.7. The summed E-state index contributed by atoms with van der Waals surface area (Å²) in [4.78, 5) is 0. The van der Waals surface area contributed by atoms with Crippen molar-refractivity contribution in [2.45, 2.75) is 150 Å². The summed E-state index contributed by atoms with van der Waals surface area (Å²) in [5.74, 6) is 0. The van der Waals surface area contributed by atoms with Crippen molar-refractivity contribution in [2.75, 3.05) is 0 Å². The van der Waals surface area contributed by atoms with Gasteiger partial charge < -0.3 is 1.43 Å². The zero-order valence-electron chi connectivity index (χ0n) is 19.3. The van der Waals surface area contributed by atoms with Gasteiger partial charge in [-0.05, 0) is 0 Å². The van der Waals surface area contributed by atoms with E-state index in [2.05, 4.69) is 20.8 Å². The molecule has 0 rings (SSSR count). The molecule has 0 aliphatic carbocycles. The van der Waals surface area contributed by atoms with Crippen LogP contribution in [-0.4, -0.2) is 19.8 Å². The second-order valence-corrected chi connectivity index (χ2v) is 16.9. The molecule has 0 spiro atoms. The van der Waals surface area contributed by atoms with Gasteiger partial charge in [0.05, 0.1) is 0 Å². The van der Waals surface area contributed by atoms with Crippen molar-refractivity contribution < 1.29 is 1.43 Å². The molecule has 0 fully saturated rings. The SMILES string of the molecule is CCCCCCC[CH2][Sn]([CH2]CCCCCCC)[CH2]CCCCCCC.[H-]. The van der Waals surface area contributed by atoms with Crippen molar-refractivity contribution >= 4 is 19.8 Å². The molecule has 1 radical (unpaired) electrons. The minimum Gasteiger partial charge on any atom is -1.00 e. The average Bonchev–Trinajstić information content (AvgIpc) is 2.63. The molecule has 0 atom stereocenters. The van der Waals surface area contributed by atoms with Crippen molar-refractivity contribution in [1.82, 2.24) is 0 Å². The molecular weight excluding hydrogens is 407 g/mol. The van der Waals surface area contributed by atoms with E-state index in [4.69, 9.17) is 0 Å². The number of hydrogen-bond acceptors (Lipinski definition) is 0. The van der Waals surface area contributed by atoms with E-state index < -0.39 is 19.8 Å². The van der Waals surface area contributed by atoms with E-state index in [0.29, 0.717) is 0 Å². The fourth-order valence-corrected chi connectivity index (χ4v) is 12.4. The summed E-state index contributed by atoms with van der Waals surface area (Å²) >= 11 is -1.02. The maximum absolute atomic E-state index is 2.33. The predicted octanol–water partition coefficient (Wildman–Crippen LogP) is 9.68. The summed E-state index contributed by atoms with van der Waals surface area (Å²) in [6, 6.07) is 0. The Kier molecular flexibility index (Phi) is 23.6. The largest absolute Gasteiger partial charge is 1.00 e. The van der Waals surface area contributed by atoms with Gasteiger partial charge in [-0.25, -0.2) is 0 Å². The first-order chi connectivity index (χ1) is 12.3. The zero-order valence-corrected chi connectivity index (χ0v) is 21.2. The Balaban J connectivity index is 0. The minimum absolute atomic E-state index is 0. The van der Waals surface area contributed by atoms with Gasteiger partial charge in [0.15, 0.2) is 0 Å². The van der Waals surface area contributed by atoms with Crippen molar-refractivity contribution in [1.29, 1.82) is 0 Å². The van der Waals surface area contributed by atoms with Crippen molar-refractivity contribution in [3.8, 4) is 0 Å². The molecule has 0 nitrogen and oxygen atoms in total. The summed E-state index contributed by atoms with van der Waals surface area (Å²) in [5, 5.41) is 0. The van der Waals surface area contributed by atoms with Gasteiger partial charge in [0, 0.05) is 0 Å². The van der Waals surface area contributed by atoms with Gasteiger partial charge in [0.25, 0.3) is 0 Å². The third-order valence-electron chi connectivity index (χ3n) is 5.65. The smallest absolute Gasteiger partial charge is 1.00 e. The molecule has 0 aliphatic heterocycles. The summed E-state index contributed by atoms with van der Waals surface area (Å²) in [6.45, 7) is 6.98. The van der Waals surface area contributed by atoms with Crippen LogP contribution >= 0.6 is 0 Å². The van der Waals surface area contributed by atoms with Crippen LogP contribution in [0.25, 0.3) is 0 Å². The summed E-state index contributed by atoms with van der Waals surface area (Å²) in [7, 11) is 0. The van der Waals surface area contributed by atoms with Crippen LogP contribution in [0.5, 0.6) is 0 Å². The molecule has 25 heavy (non-hydrogen) atoms. The molecule has 0 aromatic rings. The molecule has 0 aliphatic rings. The summed E-state index contributed by atoms with van der Waals surface area (Å²) in [6.07, 6.45) is 26.9. The second kappa shape index (κ2) is 22.8. The van der Waals surface area contributed by atoms with Gasteiger partial charge >= 0.3 is 169 Å². The summed E-state index contributed by atoms with van der Waals surface area (Å²) < 4.78 is 5.16. The number of unbranched alkanes of at least 4 members (excludes halogenated alkanes) is 15. The molecule has 0 bridgehead atoms. The molecule has 0 aromatic carbocycles. The van der Waals surface area contributed by atoms with Gasteiger partial charge in [0.2, 0.25) is 0 Å². The molecule has 0 saturated carbocycles. The van der Waals surface area contributed by atoms with Gasteiger partial charge in [-0.3, -0.25) is 0 Å². The second-order valence-electron chi connectivity index (χ2n) is 8.30. The van der Waals surface area contributed by atoms with Gasteiger partial charge in [-0.2, -0.15) is 0 Å². The maximum atomic E-state index is 2.33. The van der Waals surface area contributed by atoms with Crippen molar-refractivity contribution in [3.05, 3.63) is 0 Å². The van der Waals surface area contributed by atoms with Crippen molar-refractivity contribution in [3.63, 3.8) is 0 Å². The van der Waals surface area contributed by atoms with E-state index in [9.17, 15) is 0 Å². The van der Waals surface area contributed by atoms with Crippen molar-refractivity contribution in [2.24, 2.45) is 0 Å². The molecule has 0 aromatic heterocycles. The maximum Gasteiger partial charge on any atom is -1.00 e. The Labute approximate surface area is 170 Å². The fourth-order valence-electron chi connectivity index (χ4n) is 3.84. The molecule has 0 saturated heterocycles. The average molecular weight is 459 g/mol. The Morgan fingerprint density at radius 3 is 0.880 bits per heavy atom. The fraction of sp³-hybridized carbons (Fsp3) is 1.00. The van der Waals surface area contributed by atoms with E-state index in [1.165, 1.54) is 96.3 Å².